The largest absolute Gasteiger partial charge is 0.312 e. The number of halogens is 2. The molecule has 0 atom stereocenters. The van der Waals surface area contributed by atoms with Crippen molar-refractivity contribution in [1.82, 2.24) is 5.32 Å². The van der Waals surface area contributed by atoms with Crippen molar-refractivity contribution in [3.05, 3.63) is 48.0 Å². The van der Waals surface area contributed by atoms with Gasteiger partial charge in [-0.1, -0.05) is 30.3 Å². The molecule has 0 aromatic heterocycles. The highest BCUT2D eigenvalue weighted by Crippen LogP contribution is 2.18. The summed E-state index contributed by atoms with van der Waals surface area (Å²) >= 11 is 1.82. The van der Waals surface area contributed by atoms with Crippen molar-refractivity contribution in [2.45, 2.75) is 13.0 Å². The Balaban J connectivity index is 2.21. The third-order valence-corrected chi connectivity index (χ3v) is 3.18. The molecule has 0 radical (unpaired) electrons. The zero-order valence-corrected chi connectivity index (χ0v) is 10.5. The Morgan fingerprint density at radius 3 is 2.59 bits per heavy atom. The lowest BCUT2D eigenvalue weighted by atomic mass is 10.1. The summed E-state index contributed by atoms with van der Waals surface area (Å²) in [4.78, 5) is 0. The minimum Gasteiger partial charge on any atom is -0.312 e. The number of hydrogen-bond donors (Lipinski definition) is 1. The van der Waals surface area contributed by atoms with Gasteiger partial charge in [0.1, 0.15) is 0 Å². The lowest BCUT2D eigenvalue weighted by molar-refractivity contribution is 0.151. The average molecular weight is 257 g/mol. The molecule has 0 saturated carbocycles. The molecular formula is C13H17F2NS. The molecule has 94 valence electrons. The molecule has 0 amide bonds. The molecule has 4 heteroatoms. The second-order valence-corrected chi connectivity index (χ2v) is 4.73. The third-order valence-electron chi connectivity index (χ3n) is 2.22. The van der Waals surface area contributed by atoms with Gasteiger partial charge in [-0.2, -0.15) is 11.8 Å². The second-order valence-electron chi connectivity index (χ2n) is 3.58. The van der Waals surface area contributed by atoms with Gasteiger partial charge in [0.2, 0.25) is 0 Å². The molecule has 0 unspecified atom stereocenters. The number of hydrogen-bond acceptors (Lipinski definition) is 2. The molecule has 0 fully saturated rings. The van der Waals surface area contributed by atoms with Crippen LogP contribution in [-0.4, -0.2) is 18.1 Å². The van der Waals surface area contributed by atoms with E-state index in [9.17, 15) is 8.78 Å². The van der Waals surface area contributed by atoms with Gasteiger partial charge in [0.05, 0.1) is 0 Å². The van der Waals surface area contributed by atoms with Crippen LogP contribution in [0, 0.1) is 0 Å². The smallest absolute Gasteiger partial charge is 0.263 e. The molecule has 0 bridgehead atoms. The summed E-state index contributed by atoms with van der Waals surface area (Å²) in [5, 5.41) is 3.27. The van der Waals surface area contributed by atoms with Crippen LogP contribution in [0.2, 0.25) is 0 Å². The standard InChI is InChI=1S/C13H17F2NS/c1-2-8-17-9-7-16-10-11-3-5-12(6-4-11)13(14)15/h2-6,13,16H,1,7-10H2. The Morgan fingerprint density at radius 2 is 2.00 bits per heavy atom. The molecule has 17 heavy (non-hydrogen) atoms. The number of alkyl halides is 2. The molecule has 0 aliphatic heterocycles. The summed E-state index contributed by atoms with van der Waals surface area (Å²) in [6, 6.07) is 6.44. The summed E-state index contributed by atoms with van der Waals surface area (Å²) in [6.07, 6.45) is -0.499. The van der Waals surface area contributed by atoms with Crippen LogP contribution in [0.3, 0.4) is 0 Å². The molecular weight excluding hydrogens is 240 g/mol. The first-order valence-corrected chi connectivity index (χ1v) is 6.66. The first-order valence-electron chi connectivity index (χ1n) is 5.50. The predicted octanol–water partition coefficient (Wildman–Crippen LogP) is 3.63. The van der Waals surface area contributed by atoms with Crippen molar-refractivity contribution >= 4 is 11.8 Å². The van der Waals surface area contributed by atoms with E-state index in [4.69, 9.17) is 0 Å². The van der Waals surface area contributed by atoms with Crippen molar-refractivity contribution in [3.8, 4) is 0 Å². The van der Waals surface area contributed by atoms with Crippen LogP contribution in [-0.2, 0) is 6.54 Å². The lowest BCUT2D eigenvalue weighted by Crippen LogP contribution is -2.16. The van der Waals surface area contributed by atoms with Gasteiger partial charge in [0.25, 0.3) is 6.43 Å². The third kappa shape index (κ3) is 5.84. The Hall–Kier alpha value is -0.870. The highest BCUT2D eigenvalue weighted by atomic mass is 32.2. The number of rotatable bonds is 8. The zero-order chi connectivity index (χ0) is 12.5. The minimum absolute atomic E-state index is 0.0790. The maximum Gasteiger partial charge on any atom is 0.263 e. The summed E-state index contributed by atoms with van der Waals surface area (Å²) < 4.78 is 24.6. The van der Waals surface area contributed by atoms with Crippen LogP contribution < -0.4 is 5.32 Å². The van der Waals surface area contributed by atoms with Crippen molar-refractivity contribution in [2.75, 3.05) is 18.1 Å². The quantitative estimate of drug-likeness (QED) is 0.564. The molecule has 1 aromatic rings. The molecule has 0 aliphatic carbocycles. The van der Waals surface area contributed by atoms with E-state index in [1.54, 1.807) is 12.1 Å². The predicted molar refractivity (Wildman–Crippen MR) is 70.6 cm³/mol. The van der Waals surface area contributed by atoms with Gasteiger partial charge < -0.3 is 5.32 Å². The van der Waals surface area contributed by atoms with E-state index in [1.165, 1.54) is 12.1 Å². The van der Waals surface area contributed by atoms with Gasteiger partial charge >= 0.3 is 0 Å². The van der Waals surface area contributed by atoms with Gasteiger partial charge in [-0.3, -0.25) is 0 Å². The van der Waals surface area contributed by atoms with Crippen molar-refractivity contribution < 1.29 is 8.78 Å². The lowest BCUT2D eigenvalue weighted by Gasteiger charge is -2.05. The van der Waals surface area contributed by atoms with Crippen LogP contribution in [0.5, 0.6) is 0 Å². The number of benzene rings is 1. The average Bonchev–Trinajstić information content (AvgIpc) is 2.34. The van der Waals surface area contributed by atoms with E-state index in [0.29, 0.717) is 0 Å². The van der Waals surface area contributed by atoms with E-state index in [-0.39, 0.29) is 5.56 Å². The van der Waals surface area contributed by atoms with Gasteiger partial charge in [-0.05, 0) is 5.56 Å². The molecule has 0 saturated heterocycles. The van der Waals surface area contributed by atoms with Gasteiger partial charge in [-0.15, -0.1) is 6.58 Å². The van der Waals surface area contributed by atoms with E-state index in [1.807, 2.05) is 17.8 Å². The molecule has 0 heterocycles. The van der Waals surface area contributed by atoms with Crippen LogP contribution in [0.1, 0.15) is 17.6 Å². The van der Waals surface area contributed by atoms with E-state index >= 15 is 0 Å². The van der Waals surface area contributed by atoms with Gasteiger partial charge in [0, 0.05) is 30.2 Å². The van der Waals surface area contributed by atoms with Crippen LogP contribution in [0.25, 0.3) is 0 Å². The van der Waals surface area contributed by atoms with Crippen LogP contribution >= 0.6 is 11.8 Å². The Kier molecular flexibility index (Phi) is 6.89. The highest BCUT2D eigenvalue weighted by molar-refractivity contribution is 7.99. The normalized spacial score (nSPS) is 10.8. The molecule has 1 N–H and O–H groups in total. The monoisotopic (exact) mass is 257 g/mol. The first-order chi connectivity index (χ1) is 8.24. The Morgan fingerprint density at radius 1 is 1.29 bits per heavy atom. The van der Waals surface area contributed by atoms with Gasteiger partial charge in [0.15, 0.2) is 0 Å². The molecule has 0 aliphatic rings. The summed E-state index contributed by atoms with van der Waals surface area (Å²) in [5.41, 5.74) is 1.11. The molecule has 1 nitrogen and oxygen atoms in total. The van der Waals surface area contributed by atoms with Gasteiger partial charge in [-0.25, -0.2) is 8.78 Å². The number of thioether (sulfide) groups is 1. The SMILES string of the molecule is C=CCSCCNCc1ccc(C(F)F)cc1. The maximum atomic E-state index is 12.3. The fourth-order valence-corrected chi connectivity index (χ4v) is 1.95. The maximum absolute atomic E-state index is 12.3. The summed E-state index contributed by atoms with van der Waals surface area (Å²) in [5.74, 6) is 1.99. The van der Waals surface area contributed by atoms with Crippen molar-refractivity contribution in [3.63, 3.8) is 0 Å². The van der Waals surface area contributed by atoms with E-state index in [0.717, 1.165) is 30.2 Å². The Bertz CT molecular complexity index is 325. The first kappa shape index (κ1) is 14.2. The number of nitrogens with one attached hydrogen (secondary N) is 1. The molecule has 1 rings (SSSR count). The van der Waals surface area contributed by atoms with Crippen molar-refractivity contribution in [2.24, 2.45) is 0 Å². The fraction of sp³-hybridized carbons (Fsp3) is 0.385. The van der Waals surface area contributed by atoms with E-state index in [2.05, 4.69) is 11.9 Å². The Labute approximate surface area is 105 Å². The van der Waals surface area contributed by atoms with Crippen molar-refractivity contribution in [1.29, 1.82) is 0 Å². The second kappa shape index (κ2) is 8.25. The summed E-state index contributed by atoms with van der Waals surface area (Å²) in [6.45, 7) is 5.28. The van der Waals surface area contributed by atoms with Crippen LogP contribution in [0.15, 0.2) is 36.9 Å². The molecule has 1 aromatic carbocycles. The minimum atomic E-state index is -2.38. The van der Waals surface area contributed by atoms with Crippen LogP contribution in [0.4, 0.5) is 8.78 Å². The topological polar surface area (TPSA) is 12.0 Å². The summed E-state index contributed by atoms with van der Waals surface area (Å²) in [7, 11) is 0. The molecule has 0 spiro atoms. The highest BCUT2D eigenvalue weighted by Gasteiger charge is 2.05. The zero-order valence-electron chi connectivity index (χ0n) is 9.66. The van der Waals surface area contributed by atoms with E-state index < -0.39 is 6.43 Å². The fourth-order valence-electron chi connectivity index (χ4n) is 1.32.